The van der Waals surface area contributed by atoms with Gasteiger partial charge < -0.3 is 20.5 Å². The molecule has 0 saturated heterocycles. The summed E-state index contributed by atoms with van der Waals surface area (Å²) < 4.78 is 10.5. The van der Waals surface area contributed by atoms with Gasteiger partial charge in [-0.2, -0.15) is 0 Å². The summed E-state index contributed by atoms with van der Waals surface area (Å²) in [7, 11) is 0. The molecule has 0 fully saturated rings. The summed E-state index contributed by atoms with van der Waals surface area (Å²) in [5, 5.41) is 2.53. The van der Waals surface area contributed by atoms with Gasteiger partial charge in [-0.1, -0.05) is 12.1 Å². The molecule has 2 aromatic rings. The van der Waals surface area contributed by atoms with Gasteiger partial charge in [-0.05, 0) is 36.4 Å². The molecule has 0 aliphatic carbocycles. The lowest BCUT2D eigenvalue weighted by atomic mass is 10.2. The molecule has 1 aliphatic rings. The monoisotopic (exact) mass is 397 g/mol. The molecule has 1 heterocycles. The number of fused-ring (bicyclic) bond motifs is 1. The Bertz CT molecular complexity index is 941. The highest BCUT2D eigenvalue weighted by molar-refractivity contribution is 6.00. The van der Waals surface area contributed by atoms with Crippen molar-refractivity contribution < 1.29 is 28.7 Å². The second kappa shape index (κ2) is 8.87. The molecule has 1 aliphatic heterocycles. The van der Waals surface area contributed by atoms with Crippen molar-refractivity contribution >= 4 is 35.1 Å². The van der Waals surface area contributed by atoms with Crippen molar-refractivity contribution in [2.75, 3.05) is 30.0 Å². The van der Waals surface area contributed by atoms with E-state index in [1.165, 1.54) is 29.2 Å². The second-order valence-corrected chi connectivity index (χ2v) is 6.20. The second-order valence-electron chi connectivity index (χ2n) is 6.20. The smallest absolute Gasteiger partial charge is 0.326 e. The Morgan fingerprint density at radius 2 is 1.83 bits per heavy atom. The number of nitrogens with two attached hydrogens (primary N) is 1. The summed E-state index contributed by atoms with van der Waals surface area (Å²) in [6.45, 7) is -0.630. The first-order chi connectivity index (χ1) is 13.9. The van der Waals surface area contributed by atoms with Crippen molar-refractivity contribution in [1.82, 2.24) is 0 Å². The van der Waals surface area contributed by atoms with Crippen molar-refractivity contribution in [3.8, 4) is 5.75 Å². The van der Waals surface area contributed by atoms with Crippen LogP contribution in [0, 0.1) is 0 Å². The highest BCUT2D eigenvalue weighted by atomic mass is 16.5. The fraction of sp³-hybridized carbons (Fsp3) is 0.200. The maximum Gasteiger partial charge on any atom is 0.326 e. The van der Waals surface area contributed by atoms with Crippen LogP contribution in [0.25, 0.3) is 0 Å². The highest BCUT2D eigenvalue weighted by Crippen LogP contribution is 2.30. The number of amides is 3. The van der Waals surface area contributed by atoms with Gasteiger partial charge in [0.25, 0.3) is 5.91 Å². The number of esters is 1. The molecule has 0 saturated carbocycles. The topological polar surface area (TPSA) is 128 Å². The minimum absolute atomic E-state index is 0.129. The number of nitrogens with one attached hydrogen (secondary N) is 1. The third-order valence-corrected chi connectivity index (χ3v) is 4.14. The molecule has 29 heavy (non-hydrogen) atoms. The predicted octanol–water partition coefficient (Wildman–Crippen LogP) is 1.08. The summed E-state index contributed by atoms with van der Waals surface area (Å²) >= 11 is 0. The lowest BCUT2D eigenvalue weighted by Gasteiger charge is -2.20. The van der Waals surface area contributed by atoms with Crippen LogP contribution < -0.4 is 20.7 Å². The number of ether oxygens (including phenoxy) is 2. The lowest BCUT2D eigenvalue weighted by molar-refractivity contribution is -0.146. The average molecular weight is 397 g/mol. The zero-order chi connectivity index (χ0) is 20.8. The molecule has 9 nitrogen and oxygen atoms in total. The lowest BCUT2D eigenvalue weighted by Crippen LogP contribution is -2.36. The average Bonchev–Trinajstić information content (AvgIpc) is 2.86. The summed E-state index contributed by atoms with van der Waals surface area (Å²) in [4.78, 5) is 48.7. The molecule has 2 aromatic carbocycles. The van der Waals surface area contributed by atoms with Gasteiger partial charge in [0.05, 0.1) is 18.7 Å². The van der Waals surface area contributed by atoms with Gasteiger partial charge in [-0.3, -0.25) is 24.1 Å². The van der Waals surface area contributed by atoms with Crippen molar-refractivity contribution in [2.45, 2.75) is 6.42 Å². The first-order valence-electron chi connectivity index (χ1n) is 8.81. The van der Waals surface area contributed by atoms with Gasteiger partial charge in [0.2, 0.25) is 11.8 Å². The summed E-state index contributed by atoms with van der Waals surface area (Å²) in [5.41, 5.74) is 6.36. The van der Waals surface area contributed by atoms with E-state index in [9.17, 15) is 19.2 Å². The molecule has 0 bridgehead atoms. The molecular weight excluding hydrogens is 378 g/mol. The molecule has 3 amide bonds. The standard InChI is InChI=1S/C20H19N3O6/c21-20(27)13-5-7-14(8-6-13)22-17(24)12-29-19(26)11-23-15-3-1-2-4-16(15)28-10-9-18(23)25/h1-8H,9-12H2,(H2,21,27)(H,22,24). The SMILES string of the molecule is NC(=O)c1ccc(NC(=O)COC(=O)CN2C(=O)CCOc3ccccc32)cc1. The van der Waals surface area contributed by atoms with Crippen molar-refractivity contribution in [1.29, 1.82) is 0 Å². The maximum atomic E-state index is 12.3. The third kappa shape index (κ3) is 5.10. The Labute approximate surface area is 166 Å². The summed E-state index contributed by atoms with van der Waals surface area (Å²) in [5.74, 6) is -1.63. The van der Waals surface area contributed by atoms with E-state index in [2.05, 4.69) is 5.32 Å². The Morgan fingerprint density at radius 1 is 1.10 bits per heavy atom. The Hall–Kier alpha value is -3.88. The van der Waals surface area contributed by atoms with E-state index in [-0.39, 0.29) is 25.5 Å². The number of hydrogen-bond donors (Lipinski definition) is 2. The van der Waals surface area contributed by atoms with Gasteiger partial charge in [0.15, 0.2) is 6.61 Å². The summed E-state index contributed by atoms with van der Waals surface area (Å²) in [6.07, 6.45) is 0.129. The third-order valence-electron chi connectivity index (χ3n) is 4.14. The molecule has 3 rings (SSSR count). The Balaban J connectivity index is 1.54. The van der Waals surface area contributed by atoms with Crippen LogP contribution in [0.5, 0.6) is 5.75 Å². The number of nitrogens with zero attached hydrogens (tertiary/aromatic N) is 1. The van der Waals surface area contributed by atoms with Gasteiger partial charge in [0.1, 0.15) is 12.3 Å². The molecule has 150 valence electrons. The number of anilines is 2. The molecule has 0 radical (unpaired) electrons. The number of carbonyl (C=O) groups excluding carboxylic acids is 4. The van der Waals surface area contributed by atoms with Crippen LogP contribution in [-0.4, -0.2) is 43.4 Å². The largest absolute Gasteiger partial charge is 0.491 e. The number of benzene rings is 2. The zero-order valence-electron chi connectivity index (χ0n) is 15.4. The van der Waals surface area contributed by atoms with Gasteiger partial charge in [0, 0.05) is 11.3 Å². The molecule has 0 spiro atoms. The van der Waals surface area contributed by atoms with Crippen LogP contribution in [-0.2, 0) is 19.1 Å². The van der Waals surface area contributed by atoms with Crippen molar-refractivity contribution in [2.24, 2.45) is 5.73 Å². The molecule has 0 aromatic heterocycles. The number of para-hydroxylation sites is 2. The van der Waals surface area contributed by atoms with Crippen LogP contribution in [0.4, 0.5) is 11.4 Å². The van der Waals surface area contributed by atoms with Crippen LogP contribution in [0.15, 0.2) is 48.5 Å². The van der Waals surface area contributed by atoms with E-state index in [0.717, 1.165) is 0 Å². The Morgan fingerprint density at radius 3 is 2.55 bits per heavy atom. The summed E-state index contributed by atoms with van der Waals surface area (Å²) in [6, 6.07) is 12.8. The number of carbonyl (C=O) groups is 4. The number of primary amides is 1. The molecule has 9 heteroatoms. The fourth-order valence-electron chi connectivity index (χ4n) is 2.73. The van der Waals surface area contributed by atoms with E-state index in [4.69, 9.17) is 15.2 Å². The zero-order valence-corrected chi connectivity index (χ0v) is 15.4. The van der Waals surface area contributed by atoms with Gasteiger partial charge in [-0.25, -0.2) is 0 Å². The molecule has 3 N–H and O–H groups in total. The molecular formula is C20H19N3O6. The molecule has 0 atom stereocenters. The van der Waals surface area contributed by atoms with Crippen molar-refractivity contribution in [3.63, 3.8) is 0 Å². The fourth-order valence-corrected chi connectivity index (χ4v) is 2.73. The van der Waals surface area contributed by atoms with E-state index in [0.29, 0.717) is 22.7 Å². The first kappa shape index (κ1) is 19.9. The van der Waals surface area contributed by atoms with Crippen LogP contribution in [0.1, 0.15) is 16.8 Å². The predicted molar refractivity (Wildman–Crippen MR) is 103 cm³/mol. The minimum Gasteiger partial charge on any atom is -0.491 e. The van der Waals surface area contributed by atoms with Crippen LogP contribution in [0.2, 0.25) is 0 Å². The van der Waals surface area contributed by atoms with E-state index >= 15 is 0 Å². The quantitative estimate of drug-likeness (QED) is 0.702. The van der Waals surface area contributed by atoms with Crippen LogP contribution in [0.3, 0.4) is 0 Å². The van der Waals surface area contributed by atoms with Gasteiger partial charge in [-0.15, -0.1) is 0 Å². The van der Waals surface area contributed by atoms with Crippen molar-refractivity contribution in [3.05, 3.63) is 54.1 Å². The molecule has 0 unspecified atom stereocenters. The van der Waals surface area contributed by atoms with E-state index in [1.54, 1.807) is 24.3 Å². The number of hydrogen-bond acceptors (Lipinski definition) is 6. The van der Waals surface area contributed by atoms with E-state index in [1.807, 2.05) is 0 Å². The normalized spacial score (nSPS) is 13.0. The Kier molecular flexibility index (Phi) is 6.08. The maximum absolute atomic E-state index is 12.3. The first-order valence-corrected chi connectivity index (χ1v) is 8.81. The van der Waals surface area contributed by atoms with E-state index < -0.39 is 24.4 Å². The highest BCUT2D eigenvalue weighted by Gasteiger charge is 2.25. The minimum atomic E-state index is -0.728. The number of rotatable bonds is 6. The van der Waals surface area contributed by atoms with Crippen LogP contribution >= 0.6 is 0 Å². The van der Waals surface area contributed by atoms with Gasteiger partial charge >= 0.3 is 5.97 Å².